The van der Waals surface area contributed by atoms with Gasteiger partial charge in [0.2, 0.25) is 0 Å². The largest absolute Gasteiger partial charge is 0.393 e. The highest BCUT2D eigenvalue weighted by Crippen LogP contribution is 2.28. The lowest BCUT2D eigenvalue weighted by Crippen LogP contribution is -2.37. The number of rotatable bonds is 6. The first kappa shape index (κ1) is 19.7. The van der Waals surface area contributed by atoms with Crippen LogP contribution in [0.2, 0.25) is 0 Å². The molecule has 1 aliphatic heterocycles. The molecule has 0 aliphatic carbocycles. The molecule has 1 aromatic carbocycles. The third kappa shape index (κ3) is 3.78. The molecule has 160 valence electrons. The highest BCUT2D eigenvalue weighted by atomic mass is 16.5. The number of nitrogens with one attached hydrogen (secondary N) is 1. The molecule has 2 N–H and O–H groups in total. The average Bonchev–Trinajstić information content (AvgIpc) is 3.48. The highest BCUT2D eigenvalue weighted by Gasteiger charge is 2.20. The van der Waals surface area contributed by atoms with Crippen molar-refractivity contribution in [2.24, 2.45) is 0 Å². The van der Waals surface area contributed by atoms with E-state index in [4.69, 9.17) is 14.6 Å². The molecule has 1 fully saturated rings. The SMILES string of the molecule is CO[C@@H](CO)c1nc(N2CCOCC2)cc(-n2ccc(-c3c[nH]c4ccccc34)n2)n1. The smallest absolute Gasteiger partial charge is 0.164 e. The molecule has 5 rings (SSSR count). The Bertz CT molecular complexity index is 1180. The van der Waals surface area contributed by atoms with E-state index in [0.717, 1.165) is 41.1 Å². The number of ether oxygens (including phenoxy) is 2. The minimum Gasteiger partial charge on any atom is -0.393 e. The number of fused-ring (bicyclic) bond motifs is 1. The highest BCUT2D eigenvalue weighted by molar-refractivity contribution is 5.94. The van der Waals surface area contributed by atoms with E-state index in [-0.39, 0.29) is 6.61 Å². The fourth-order valence-electron chi connectivity index (χ4n) is 3.80. The van der Waals surface area contributed by atoms with Crippen LogP contribution < -0.4 is 4.90 Å². The maximum Gasteiger partial charge on any atom is 0.164 e. The van der Waals surface area contributed by atoms with Gasteiger partial charge in [-0.15, -0.1) is 0 Å². The number of aromatic nitrogens is 5. The molecular weight excluding hydrogens is 396 g/mol. The molecule has 9 nitrogen and oxygen atoms in total. The number of morpholine rings is 1. The van der Waals surface area contributed by atoms with Crippen LogP contribution in [-0.2, 0) is 9.47 Å². The topological polar surface area (TPSA) is 101 Å². The summed E-state index contributed by atoms with van der Waals surface area (Å²) in [7, 11) is 1.54. The van der Waals surface area contributed by atoms with Gasteiger partial charge in [0.05, 0.1) is 25.5 Å². The predicted molar refractivity (Wildman–Crippen MR) is 116 cm³/mol. The number of H-pyrrole nitrogens is 1. The van der Waals surface area contributed by atoms with E-state index in [2.05, 4.69) is 25.9 Å². The number of benzene rings is 1. The second-order valence-corrected chi connectivity index (χ2v) is 7.34. The first-order valence-electron chi connectivity index (χ1n) is 10.2. The quantitative estimate of drug-likeness (QED) is 0.494. The van der Waals surface area contributed by atoms with Gasteiger partial charge in [-0.25, -0.2) is 14.6 Å². The number of hydrogen-bond acceptors (Lipinski definition) is 7. The lowest BCUT2D eigenvalue weighted by molar-refractivity contribution is 0.0422. The van der Waals surface area contributed by atoms with Gasteiger partial charge in [0, 0.05) is 55.1 Å². The van der Waals surface area contributed by atoms with Crippen molar-refractivity contribution in [2.45, 2.75) is 6.10 Å². The summed E-state index contributed by atoms with van der Waals surface area (Å²) in [5.74, 6) is 1.81. The molecule has 4 aromatic rings. The van der Waals surface area contributed by atoms with Crippen LogP contribution in [0.15, 0.2) is 48.8 Å². The Morgan fingerprint density at radius 2 is 1.97 bits per heavy atom. The summed E-state index contributed by atoms with van der Waals surface area (Å²) in [4.78, 5) is 14.7. The Morgan fingerprint density at radius 3 is 2.77 bits per heavy atom. The number of nitrogens with zero attached hydrogens (tertiary/aromatic N) is 5. The van der Waals surface area contributed by atoms with Gasteiger partial charge >= 0.3 is 0 Å². The lowest BCUT2D eigenvalue weighted by Gasteiger charge is -2.28. The normalized spacial score (nSPS) is 15.5. The van der Waals surface area contributed by atoms with Crippen molar-refractivity contribution >= 4 is 16.7 Å². The zero-order valence-electron chi connectivity index (χ0n) is 17.2. The molecule has 31 heavy (non-hydrogen) atoms. The summed E-state index contributed by atoms with van der Waals surface area (Å²) in [6, 6.07) is 12.0. The van der Waals surface area contributed by atoms with Gasteiger partial charge < -0.3 is 24.5 Å². The molecule has 0 unspecified atom stereocenters. The first-order valence-corrected chi connectivity index (χ1v) is 10.2. The standard InChI is InChI=1S/C22H24N6O3/c1-30-19(14-29)22-24-20(27-8-10-31-11-9-27)12-21(25-22)28-7-6-18(26-28)16-13-23-17-5-3-2-4-15(16)17/h2-7,12-13,19,23,29H,8-11,14H2,1H3/t19-/m0/s1. The molecule has 0 saturated carbocycles. The molecule has 1 atom stereocenters. The predicted octanol–water partition coefficient (Wildman–Crippen LogP) is 2.33. The zero-order valence-corrected chi connectivity index (χ0v) is 17.2. The monoisotopic (exact) mass is 420 g/mol. The third-order valence-corrected chi connectivity index (χ3v) is 5.48. The summed E-state index contributed by atoms with van der Waals surface area (Å²) < 4.78 is 12.6. The van der Waals surface area contributed by atoms with Gasteiger partial charge in [0.15, 0.2) is 11.6 Å². The van der Waals surface area contributed by atoms with Gasteiger partial charge in [-0.2, -0.15) is 5.10 Å². The average molecular weight is 420 g/mol. The van der Waals surface area contributed by atoms with Crippen molar-refractivity contribution in [3.8, 4) is 17.1 Å². The van der Waals surface area contributed by atoms with Crippen LogP contribution in [0.3, 0.4) is 0 Å². The van der Waals surface area contributed by atoms with E-state index < -0.39 is 6.10 Å². The molecule has 1 aliphatic rings. The Kier molecular flexibility index (Phi) is 5.37. The molecule has 0 radical (unpaired) electrons. The minimum atomic E-state index is -0.608. The van der Waals surface area contributed by atoms with E-state index in [1.807, 2.05) is 42.7 Å². The summed E-state index contributed by atoms with van der Waals surface area (Å²) >= 11 is 0. The number of para-hydroxylation sites is 1. The van der Waals surface area contributed by atoms with Gasteiger partial charge in [0.1, 0.15) is 11.9 Å². The number of aliphatic hydroxyl groups is 1. The number of aromatic amines is 1. The van der Waals surface area contributed by atoms with Crippen molar-refractivity contribution in [1.29, 1.82) is 0 Å². The van der Waals surface area contributed by atoms with Gasteiger partial charge in [-0.3, -0.25) is 0 Å². The number of anilines is 1. The van der Waals surface area contributed by atoms with E-state index in [0.29, 0.717) is 24.9 Å². The van der Waals surface area contributed by atoms with Crippen molar-refractivity contribution < 1.29 is 14.6 Å². The van der Waals surface area contributed by atoms with Crippen molar-refractivity contribution in [2.75, 3.05) is 44.9 Å². The van der Waals surface area contributed by atoms with Gasteiger partial charge in [0.25, 0.3) is 0 Å². The molecule has 0 bridgehead atoms. The summed E-state index contributed by atoms with van der Waals surface area (Å²) in [5, 5.41) is 15.6. The van der Waals surface area contributed by atoms with Crippen LogP contribution in [0.4, 0.5) is 5.82 Å². The first-order chi connectivity index (χ1) is 15.3. The van der Waals surface area contributed by atoms with Crippen molar-refractivity contribution in [1.82, 2.24) is 24.7 Å². The molecule has 0 spiro atoms. The fraction of sp³-hybridized carbons (Fsp3) is 0.318. The van der Waals surface area contributed by atoms with Crippen LogP contribution >= 0.6 is 0 Å². The van der Waals surface area contributed by atoms with Crippen molar-refractivity contribution in [3.05, 3.63) is 54.6 Å². The molecule has 0 amide bonds. The maximum atomic E-state index is 9.71. The summed E-state index contributed by atoms with van der Waals surface area (Å²) in [6.45, 7) is 2.57. The lowest BCUT2D eigenvalue weighted by atomic mass is 10.1. The second kappa shape index (κ2) is 8.46. The Morgan fingerprint density at radius 1 is 1.16 bits per heavy atom. The molecule has 4 heterocycles. The number of aliphatic hydroxyl groups excluding tert-OH is 1. The molecular formula is C22H24N6O3. The second-order valence-electron chi connectivity index (χ2n) is 7.34. The Hall–Kier alpha value is -3.27. The minimum absolute atomic E-state index is 0.206. The Balaban J connectivity index is 1.55. The van der Waals surface area contributed by atoms with Crippen LogP contribution in [0.25, 0.3) is 28.0 Å². The maximum absolute atomic E-state index is 9.71. The van der Waals surface area contributed by atoms with E-state index in [9.17, 15) is 5.11 Å². The van der Waals surface area contributed by atoms with Crippen LogP contribution in [-0.4, -0.2) is 69.9 Å². The summed E-state index contributed by atoms with van der Waals surface area (Å²) in [6.07, 6.45) is 3.24. The van der Waals surface area contributed by atoms with Gasteiger partial charge in [-0.05, 0) is 12.1 Å². The Labute approximate surface area is 179 Å². The van der Waals surface area contributed by atoms with Crippen LogP contribution in [0.5, 0.6) is 0 Å². The molecule has 3 aromatic heterocycles. The van der Waals surface area contributed by atoms with E-state index in [1.165, 1.54) is 7.11 Å². The number of methoxy groups -OCH3 is 1. The van der Waals surface area contributed by atoms with Crippen LogP contribution in [0.1, 0.15) is 11.9 Å². The molecule has 1 saturated heterocycles. The van der Waals surface area contributed by atoms with E-state index >= 15 is 0 Å². The van der Waals surface area contributed by atoms with Crippen molar-refractivity contribution in [3.63, 3.8) is 0 Å². The third-order valence-electron chi connectivity index (χ3n) is 5.48. The zero-order chi connectivity index (χ0) is 21.2. The fourth-order valence-corrected chi connectivity index (χ4v) is 3.80. The van der Waals surface area contributed by atoms with Crippen LogP contribution in [0, 0.1) is 0 Å². The molecule has 9 heteroatoms. The number of hydrogen-bond donors (Lipinski definition) is 2. The van der Waals surface area contributed by atoms with Gasteiger partial charge in [-0.1, -0.05) is 18.2 Å². The van der Waals surface area contributed by atoms with E-state index in [1.54, 1.807) is 4.68 Å². The summed E-state index contributed by atoms with van der Waals surface area (Å²) in [5.41, 5.74) is 2.94.